The van der Waals surface area contributed by atoms with Crippen LogP contribution in [0.1, 0.15) is 34.8 Å². The van der Waals surface area contributed by atoms with Gasteiger partial charge in [0.2, 0.25) is 0 Å². The van der Waals surface area contributed by atoms with E-state index in [0.29, 0.717) is 63.1 Å². The number of nitrogens with two attached hydrogens (primary N) is 1. The second kappa shape index (κ2) is 11.2. The van der Waals surface area contributed by atoms with Crippen molar-refractivity contribution in [3.63, 3.8) is 0 Å². The predicted octanol–water partition coefficient (Wildman–Crippen LogP) is 4.21. The zero-order chi connectivity index (χ0) is 29.4. The van der Waals surface area contributed by atoms with Crippen molar-refractivity contribution in [2.45, 2.75) is 31.3 Å². The van der Waals surface area contributed by atoms with Crippen molar-refractivity contribution in [1.29, 1.82) is 0 Å². The predicted molar refractivity (Wildman–Crippen MR) is 137 cm³/mol. The number of amides is 1. The number of anilines is 2. The minimum Gasteiger partial charge on any atom is -0.406 e. The third-order valence-electron chi connectivity index (χ3n) is 7.29. The molecular weight excluding hydrogens is 556 g/mol. The average Bonchev–Trinajstić information content (AvgIpc) is 2.91. The molecule has 2 saturated heterocycles. The molecule has 9 nitrogen and oxygen atoms in total. The number of pyridine rings is 1. The Bertz CT molecular complexity index is 1400. The topological polar surface area (TPSA) is 101 Å². The number of fused-ring (bicyclic) bond motifs is 1. The van der Waals surface area contributed by atoms with Gasteiger partial charge in [-0.3, -0.25) is 14.7 Å². The van der Waals surface area contributed by atoms with Gasteiger partial charge in [-0.2, -0.15) is 13.2 Å². The zero-order valence-corrected chi connectivity index (χ0v) is 21.8. The number of piperidine rings is 1. The molecule has 2 fully saturated rings. The molecule has 1 aromatic carbocycles. The molecule has 2 aliphatic rings. The fourth-order valence-electron chi connectivity index (χ4n) is 5.30. The maximum absolute atomic E-state index is 13.0. The van der Waals surface area contributed by atoms with Crippen molar-refractivity contribution < 1.29 is 35.9 Å². The summed E-state index contributed by atoms with van der Waals surface area (Å²) in [5.74, 6) is -0.890. The molecule has 0 aliphatic carbocycles. The van der Waals surface area contributed by atoms with Crippen LogP contribution in [-0.4, -0.2) is 89.0 Å². The second-order valence-corrected chi connectivity index (χ2v) is 10.1. The van der Waals surface area contributed by atoms with E-state index in [0.717, 1.165) is 23.5 Å². The number of rotatable bonds is 5. The van der Waals surface area contributed by atoms with Crippen LogP contribution >= 0.6 is 0 Å². The van der Waals surface area contributed by atoms with Crippen molar-refractivity contribution >= 4 is 28.3 Å². The van der Waals surface area contributed by atoms with Crippen LogP contribution in [-0.2, 0) is 0 Å². The number of nitrogen functional groups attached to an aromatic ring is 1. The number of piperazine rings is 1. The Labute approximate surface area is 230 Å². The first-order chi connectivity index (χ1) is 19.4. The van der Waals surface area contributed by atoms with Crippen molar-refractivity contribution in [2.24, 2.45) is 0 Å². The molecule has 0 bridgehead atoms. The number of nitrogens with zero attached hydrogens (tertiary/aromatic N) is 6. The smallest absolute Gasteiger partial charge is 0.406 e. The number of carbonyl (C=O) groups excluding carboxylic acids is 1. The van der Waals surface area contributed by atoms with E-state index >= 15 is 0 Å². The first-order valence-corrected chi connectivity index (χ1v) is 13.0. The first-order valence-electron chi connectivity index (χ1n) is 13.0. The highest BCUT2D eigenvalue weighted by atomic mass is 19.4. The Balaban J connectivity index is 1.22. The summed E-state index contributed by atoms with van der Waals surface area (Å²) >= 11 is 0. The van der Waals surface area contributed by atoms with Crippen LogP contribution in [0, 0.1) is 0 Å². The van der Waals surface area contributed by atoms with Crippen LogP contribution in [0.2, 0.25) is 0 Å². The van der Waals surface area contributed by atoms with Gasteiger partial charge in [0, 0.05) is 56.9 Å². The van der Waals surface area contributed by atoms with E-state index in [1.54, 1.807) is 11.1 Å². The summed E-state index contributed by atoms with van der Waals surface area (Å²) in [4.78, 5) is 31.4. The monoisotopic (exact) mass is 583 g/mol. The van der Waals surface area contributed by atoms with Gasteiger partial charge in [-0.15, -0.1) is 13.2 Å². The maximum atomic E-state index is 13.0. The van der Waals surface area contributed by atoms with Gasteiger partial charge in [0.05, 0.1) is 35.2 Å². The zero-order valence-electron chi connectivity index (χ0n) is 21.8. The van der Waals surface area contributed by atoms with Gasteiger partial charge >= 0.3 is 12.5 Å². The number of carbonyl (C=O) groups is 1. The minimum atomic E-state index is -4.86. The molecule has 0 radical (unpaired) electrons. The lowest BCUT2D eigenvalue weighted by Gasteiger charge is -2.36. The minimum absolute atomic E-state index is 0.00581. The van der Waals surface area contributed by atoms with E-state index < -0.39 is 24.8 Å². The molecule has 3 aromatic rings. The van der Waals surface area contributed by atoms with E-state index in [2.05, 4.69) is 19.7 Å². The number of alkyl halides is 6. The molecule has 0 unspecified atom stereocenters. The standard InChI is InChI=1S/C26H27F6N7O2/c27-25(28,29)14-37-7-9-38(10-8-37)17-11-21-23(34-13-17)22(36-15-35-21)16-3-5-39(6-4-16)24(40)19-2-1-18(12-20(19)33)41-26(30,31)32/h1-2,11-13,15-16H,3-10,14,33H2. The van der Waals surface area contributed by atoms with Crippen LogP contribution in [0.3, 0.4) is 0 Å². The van der Waals surface area contributed by atoms with Crippen LogP contribution in [0.4, 0.5) is 37.7 Å². The highest BCUT2D eigenvalue weighted by molar-refractivity contribution is 5.99. The number of ether oxygens (including phenoxy) is 1. The molecule has 0 atom stereocenters. The summed E-state index contributed by atoms with van der Waals surface area (Å²) in [6, 6.07) is 5.11. The molecule has 41 heavy (non-hydrogen) atoms. The van der Waals surface area contributed by atoms with Gasteiger partial charge < -0.3 is 20.3 Å². The molecule has 1 amide bonds. The molecule has 2 N–H and O–H groups in total. The number of benzene rings is 1. The molecule has 5 rings (SSSR count). The largest absolute Gasteiger partial charge is 0.573 e. The molecule has 15 heteroatoms. The fraction of sp³-hybridized carbons (Fsp3) is 0.462. The Kier molecular flexibility index (Phi) is 7.81. The summed E-state index contributed by atoms with van der Waals surface area (Å²) in [5, 5.41) is 0. The summed E-state index contributed by atoms with van der Waals surface area (Å²) in [7, 11) is 0. The van der Waals surface area contributed by atoms with Crippen molar-refractivity contribution in [3.8, 4) is 5.75 Å². The summed E-state index contributed by atoms with van der Waals surface area (Å²) in [5.41, 5.74) is 8.61. The number of hydrogen-bond acceptors (Lipinski definition) is 8. The van der Waals surface area contributed by atoms with E-state index in [1.165, 1.54) is 17.3 Å². The SMILES string of the molecule is Nc1cc(OC(F)(F)F)ccc1C(=O)N1CCC(c2ncnc3cc(N4CCN(CC(F)(F)F)CC4)cnc23)CC1. The van der Waals surface area contributed by atoms with Gasteiger partial charge in [0.25, 0.3) is 5.91 Å². The molecule has 4 heterocycles. The van der Waals surface area contributed by atoms with Crippen LogP contribution in [0.5, 0.6) is 5.75 Å². The Hall–Kier alpha value is -3.88. The fourth-order valence-corrected chi connectivity index (χ4v) is 5.30. The summed E-state index contributed by atoms with van der Waals surface area (Å²) in [6.07, 6.45) is -4.79. The Morgan fingerprint density at radius 3 is 2.29 bits per heavy atom. The molecule has 0 saturated carbocycles. The number of hydrogen-bond donors (Lipinski definition) is 1. The first kappa shape index (κ1) is 28.6. The highest BCUT2D eigenvalue weighted by Crippen LogP contribution is 2.33. The Morgan fingerprint density at radius 2 is 1.66 bits per heavy atom. The third kappa shape index (κ3) is 6.89. The number of halogens is 6. The lowest BCUT2D eigenvalue weighted by atomic mass is 9.92. The van der Waals surface area contributed by atoms with Gasteiger partial charge in [0.1, 0.15) is 17.6 Å². The van der Waals surface area contributed by atoms with Crippen molar-refractivity contribution in [2.75, 3.05) is 56.4 Å². The van der Waals surface area contributed by atoms with E-state index in [1.807, 2.05) is 11.0 Å². The molecule has 2 aliphatic heterocycles. The van der Waals surface area contributed by atoms with Crippen LogP contribution in [0.15, 0.2) is 36.8 Å². The van der Waals surface area contributed by atoms with Crippen molar-refractivity contribution in [1.82, 2.24) is 24.8 Å². The van der Waals surface area contributed by atoms with Crippen LogP contribution in [0.25, 0.3) is 11.0 Å². The third-order valence-corrected chi connectivity index (χ3v) is 7.29. The maximum Gasteiger partial charge on any atom is 0.573 e. The van der Waals surface area contributed by atoms with Gasteiger partial charge in [0.15, 0.2) is 0 Å². The van der Waals surface area contributed by atoms with Gasteiger partial charge in [-0.05, 0) is 31.0 Å². The number of aromatic nitrogens is 3. The number of likely N-dealkylation sites (tertiary alicyclic amines) is 1. The van der Waals surface area contributed by atoms with Gasteiger partial charge in [-0.25, -0.2) is 9.97 Å². The van der Waals surface area contributed by atoms with Gasteiger partial charge in [-0.1, -0.05) is 0 Å². The van der Waals surface area contributed by atoms with E-state index in [9.17, 15) is 31.1 Å². The van der Waals surface area contributed by atoms with Crippen molar-refractivity contribution in [3.05, 3.63) is 48.0 Å². The molecular formula is C26H27F6N7O2. The quantitative estimate of drug-likeness (QED) is 0.352. The molecule has 2 aromatic heterocycles. The van der Waals surface area contributed by atoms with E-state index in [-0.39, 0.29) is 23.1 Å². The Morgan fingerprint density at radius 1 is 0.951 bits per heavy atom. The lowest BCUT2D eigenvalue weighted by Crippen LogP contribution is -2.49. The summed E-state index contributed by atoms with van der Waals surface area (Å²) in [6.45, 7) is 1.31. The second-order valence-electron chi connectivity index (χ2n) is 10.1. The summed E-state index contributed by atoms with van der Waals surface area (Å²) < 4.78 is 79.4. The highest BCUT2D eigenvalue weighted by Gasteiger charge is 2.33. The lowest BCUT2D eigenvalue weighted by molar-refractivity contribution is -0.274. The average molecular weight is 584 g/mol. The molecule has 220 valence electrons. The molecule has 0 spiro atoms. The normalized spacial score (nSPS) is 17.7. The van der Waals surface area contributed by atoms with Crippen LogP contribution < -0.4 is 15.4 Å². The van der Waals surface area contributed by atoms with E-state index in [4.69, 9.17) is 5.73 Å².